The summed E-state index contributed by atoms with van der Waals surface area (Å²) < 4.78 is 35.7. The molecule has 2 unspecified atom stereocenters. The number of halogens is 2. The Balaban J connectivity index is 1.38. The van der Waals surface area contributed by atoms with Crippen LogP contribution in [0.5, 0.6) is 17.2 Å². The van der Waals surface area contributed by atoms with E-state index in [0.717, 1.165) is 6.42 Å². The smallest absolute Gasteiger partial charge is 0.257 e. The number of carbonyl (C=O) groups is 2. The highest BCUT2D eigenvalue weighted by atomic mass is 35.5. The Morgan fingerprint density at radius 1 is 1.13 bits per heavy atom. The topological polar surface area (TPSA) is 112 Å². The Morgan fingerprint density at radius 3 is 2.47 bits per heavy atom. The van der Waals surface area contributed by atoms with Crippen molar-refractivity contribution in [3.05, 3.63) is 52.5 Å². The third-order valence-electron chi connectivity index (χ3n) is 6.59. The van der Waals surface area contributed by atoms with E-state index < -0.39 is 11.7 Å². The molecule has 2 N–H and O–H groups in total. The number of methoxy groups -OCH3 is 3. The van der Waals surface area contributed by atoms with E-state index >= 15 is 0 Å². The lowest BCUT2D eigenvalue weighted by Crippen LogP contribution is -2.33. The summed E-state index contributed by atoms with van der Waals surface area (Å²) in [6.45, 7) is 1.59. The van der Waals surface area contributed by atoms with Gasteiger partial charge in [-0.3, -0.25) is 9.59 Å². The van der Waals surface area contributed by atoms with Crippen molar-refractivity contribution in [1.29, 1.82) is 0 Å². The van der Waals surface area contributed by atoms with Crippen LogP contribution in [-0.2, 0) is 4.79 Å². The molecule has 2 aromatic carbocycles. The number of ether oxygens (including phenoxy) is 3. The molecule has 1 saturated carbocycles. The average Bonchev–Trinajstić information content (AvgIpc) is 3.48. The minimum absolute atomic E-state index is 0.0175. The molecule has 0 aliphatic heterocycles. The maximum Gasteiger partial charge on any atom is 0.257 e. The SMILES string of the molecule is COc1cc(NC(=O)CC2CCC(NC(=O)c3c(-c4c(F)cccc4Cl)noc3C)C2)cc(OC)c1OC. The fourth-order valence-corrected chi connectivity index (χ4v) is 5.06. The predicted octanol–water partition coefficient (Wildman–Crippen LogP) is 5.40. The van der Waals surface area contributed by atoms with Crippen LogP contribution in [0.1, 0.15) is 41.8 Å². The van der Waals surface area contributed by atoms with Crippen LogP contribution in [0.25, 0.3) is 11.3 Å². The molecule has 1 aliphatic carbocycles. The number of aromatic nitrogens is 1. The number of carbonyl (C=O) groups excluding carboxylic acids is 2. The number of nitrogens with zero attached hydrogens (tertiary/aromatic N) is 1. The molecule has 3 aromatic rings. The van der Waals surface area contributed by atoms with E-state index in [9.17, 15) is 14.0 Å². The first kappa shape index (κ1) is 27.3. The lowest BCUT2D eigenvalue weighted by molar-refractivity contribution is -0.117. The second-order valence-corrected chi connectivity index (χ2v) is 9.48. The molecule has 1 fully saturated rings. The Labute approximate surface area is 224 Å². The summed E-state index contributed by atoms with van der Waals surface area (Å²) in [5.74, 6) is 0.456. The summed E-state index contributed by atoms with van der Waals surface area (Å²) in [6, 6.07) is 7.42. The number of hydrogen-bond donors (Lipinski definition) is 2. The van der Waals surface area contributed by atoms with Gasteiger partial charge in [0.2, 0.25) is 11.7 Å². The fourth-order valence-electron chi connectivity index (χ4n) is 4.81. The molecule has 1 heterocycles. The summed E-state index contributed by atoms with van der Waals surface area (Å²) in [6.07, 6.45) is 2.37. The Kier molecular flexibility index (Phi) is 8.41. The molecule has 0 saturated heterocycles. The van der Waals surface area contributed by atoms with E-state index in [1.165, 1.54) is 39.5 Å². The molecule has 4 rings (SSSR count). The van der Waals surface area contributed by atoms with Crippen LogP contribution in [0, 0.1) is 18.7 Å². The molecule has 11 heteroatoms. The normalized spacial score (nSPS) is 16.7. The highest BCUT2D eigenvalue weighted by molar-refractivity contribution is 6.33. The number of aryl methyl sites for hydroxylation is 1. The van der Waals surface area contributed by atoms with E-state index in [0.29, 0.717) is 35.8 Å². The van der Waals surface area contributed by atoms with E-state index in [2.05, 4.69) is 15.8 Å². The summed E-state index contributed by atoms with van der Waals surface area (Å²) in [5.41, 5.74) is 0.738. The zero-order chi connectivity index (χ0) is 27.4. The van der Waals surface area contributed by atoms with Gasteiger partial charge >= 0.3 is 0 Å². The number of nitrogens with one attached hydrogen (secondary N) is 2. The molecule has 202 valence electrons. The van der Waals surface area contributed by atoms with Crippen molar-refractivity contribution < 1.29 is 32.7 Å². The standard InChI is InChI=1S/C27H29ClFN3O6/c1-14-23(25(32-38-14)24-18(28)6-5-7-19(24)29)27(34)31-16-9-8-15(10-16)11-22(33)30-17-12-20(35-2)26(37-4)21(13-17)36-3/h5-7,12-13,15-16H,8-11H2,1-4H3,(H,30,33)(H,31,34). The summed E-state index contributed by atoms with van der Waals surface area (Å²) in [4.78, 5) is 25.9. The molecule has 0 bridgehead atoms. The molecule has 9 nitrogen and oxygen atoms in total. The number of rotatable bonds is 9. The highest BCUT2D eigenvalue weighted by Crippen LogP contribution is 2.40. The van der Waals surface area contributed by atoms with Gasteiger partial charge in [-0.25, -0.2) is 4.39 Å². The second kappa shape index (κ2) is 11.7. The molecule has 1 aromatic heterocycles. The average molecular weight is 546 g/mol. The van der Waals surface area contributed by atoms with Crippen LogP contribution in [0.3, 0.4) is 0 Å². The van der Waals surface area contributed by atoms with Gasteiger partial charge in [0.1, 0.15) is 22.8 Å². The van der Waals surface area contributed by atoms with Crippen molar-refractivity contribution in [2.24, 2.45) is 5.92 Å². The van der Waals surface area contributed by atoms with E-state index in [-0.39, 0.29) is 51.9 Å². The zero-order valence-electron chi connectivity index (χ0n) is 21.5. The number of amides is 2. The summed E-state index contributed by atoms with van der Waals surface area (Å²) >= 11 is 6.18. The van der Waals surface area contributed by atoms with Gasteiger partial charge in [0.25, 0.3) is 5.91 Å². The van der Waals surface area contributed by atoms with Crippen LogP contribution in [-0.4, -0.2) is 44.3 Å². The Morgan fingerprint density at radius 2 is 1.84 bits per heavy atom. The van der Waals surface area contributed by atoms with Gasteiger partial charge in [0.05, 0.1) is 31.9 Å². The van der Waals surface area contributed by atoms with Crippen molar-refractivity contribution >= 4 is 29.1 Å². The van der Waals surface area contributed by atoms with Crippen molar-refractivity contribution in [2.45, 2.75) is 38.6 Å². The quantitative estimate of drug-likeness (QED) is 0.370. The maximum atomic E-state index is 14.5. The van der Waals surface area contributed by atoms with Crippen LogP contribution >= 0.6 is 11.6 Å². The molecule has 1 aliphatic rings. The van der Waals surface area contributed by atoms with Gasteiger partial charge in [-0.05, 0) is 44.2 Å². The van der Waals surface area contributed by atoms with Crippen LogP contribution in [0.15, 0.2) is 34.9 Å². The Hall–Kier alpha value is -3.79. The van der Waals surface area contributed by atoms with Gasteiger partial charge in [0.15, 0.2) is 11.5 Å². The lowest BCUT2D eigenvalue weighted by atomic mass is 10.0. The first-order chi connectivity index (χ1) is 18.2. The van der Waals surface area contributed by atoms with Gasteiger partial charge in [-0.2, -0.15) is 0 Å². The number of hydrogen-bond acceptors (Lipinski definition) is 7. The van der Waals surface area contributed by atoms with Gasteiger partial charge in [-0.15, -0.1) is 0 Å². The van der Waals surface area contributed by atoms with Crippen LogP contribution < -0.4 is 24.8 Å². The first-order valence-corrected chi connectivity index (χ1v) is 12.4. The van der Waals surface area contributed by atoms with E-state index in [4.69, 9.17) is 30.3 Å². The monoisotopic (exact) mass is 545 g/mol. The number of anilines is 1. The third kappa shape index (κ3) is 5.70. The first-order valence-electron chi connectivity index (χ1n) is 12.1. The minimum atomic E-state index is -0.598. The minimum Gasteiger partial charge on any atom is -0.493 e. The van der Waals surface area contributed by atoms with Crippen molar-refractivity contribution in [3.63, 3.8) is 0 Å². The lowest BCUT2D eigenvalue weighted by Gasteiger charge is -2.16. The molecular weight excluding hydrogens is 517 g/mol. The van der Waals surface area contributed by atoms with E-state index in [1.54, 1.807) is 19.1 Å². The summed E-state index contributed by atoms with van der Waals surface area (Å²) in [7, 11) is 4.52. The van der Waals surface area contributed by atoms with Crippen LogP contribution in [0.2, 0.25) is 5.02 Å². The summed E-state index contributed by atoms with van der Waals surface area (Å²) in [5, 5.41) is 9.89. The third-order valence-corrected chi connectivity index (χ3v) is 6.90. The largest absolute Gasteiger partial charge is 0.493 e. The maximum absolute atomic E-state index is 14.5. The van der Waals surface area contributed by atoms with Crippen molar-refractivity contribution in [1.82, 2.24) is 10.5 Å². The van der Waals surface area contributed by atoms with Crippen molar-refractivity contribution in [2.75, 3.05) is 26.6 Å². The number of benzene rings is 2. The molecule has 0 spiro atoms. The fraction of sp³-hybridized carbons (Fsp3) is 0.370. The molecule has 2 amide bonds. The highest BCUT2D eigenvalue weighted by Gasteiger charge is 2.31. The van der Waals surface area contributed by atoms with Gasteiger partial charge < -0.3 is 29.4 Å². The molecule has 0 radical (unpaired) electrons. The van der Waals surface area contributed by atoms with Crippen molar-refractivity contribution in [3.8, 4) is 28.5 Å². The van der Waals surface area contributed by atoms with Crippen LogP contribution in [0.4, 0.5) is 10.1 Å². The zero-order valence-corrected chi connectivity index (χ0v) is 22.3. The van der Waals surface area contributed by atoms with Gasteiger partial charge in [0, 0.05) is 30.3 Å². The Bertz CT molecular complexity index is 1300. The van der Waals surface area contributed by atoms with Gasteiger partial charge in [-0.1, -0.05) is 22.8 Å². The predicted molar refractivity (Wildman–Crippen MR) is 140 cm³/mol. The second-order valence-electron chi connectivity index (χ2n) is 9.07. The van der Waals surface area contributed by atoms with E-state index in [1.807, 2.05) is 0 Å². The molecule has 38 heavy (non-hydrogen) atoms. The molecule has 2 atom stereocenters. The molecular formula is C27H29ClFN3O6.